The molecule has 0 bridgehead atoms. The first-order chi connectivity index (χ1) is 9.15. The number of halogens is 1. The average molecular weight is 267 g/mol. The lowest BCUT2D eigenvalue weighted by Crippen LogP contribution is -2.33. The molecule has 2 nitrogen and oxygen atoms in total. The summed E-state index contributed by atoms with van der Waals surface area (Å²) in [6.07, 6.45) is 3.97. The van der Waals surface area contributed by atoms with E-state index >= 15 is 0 Å². The second-order valence-corrected chi connectivity index (χ2v) is 5.31. The van der Waals surface area contributed by atoms with Crippen LogP contribution in [0, 0.1) is 11.7 Å². The molecule has 0 aliphatic rings. The highest BCUT2D eigenvalue weighted by Gasteiger charge is 2.10. The van der Waals surface area contributed by atoms with E-state index in [9.17, 15) is 4.39 Å². The van der Waals surface area contributed by atoms with E-state index in [1.54, 1.807) is 12.1 Å². The Kier molecular flexibility index (Phi) is 7.68. The highest BCUT2D eigenvalue weighted by molar-refractivity contribution is 5.17. The maximum absolute atomic E-state index is 13.1. The first kappa shape index (κ1) is 16.1. The van der Waals surface area contributed by atoms with Crippen molar-refractivity contribution in [2.75, 3.05) is 13.2 Å². The molecule has 3 heteroatoms. The Hall–Kier alpha value is -0.930. The Bertz CT molecular complexity index is 350. The van der Waals surface area contributed by atoms with Gasteiger partial charge in [-0.3, -0.25) is 0 Å². The number of benzene rings is 1. The van der Waals surface area contributed by atoms with Crippen molar-refractivity contribution in [3.05, 3.63) is 35.6 Å². The van der Waals surface area contributed by atoms with E-state index in [0.717, 1.165) is 37.8 Å². The van der Waals surface area contributed by atoms with Gasteiger partial charge in [-0.2, -0.15) is 0 Å². The van der Waals surface area contributed by atoms with E-state index in [1.807, 2.05) is 6.07 Å². The van der Waals surface area contributed by atoms with Gasteiger partial charge < -0.3 is 10.4 Å². The zero-order valence-electron chi connectivity index (χ0n) is 12.0. The normalized spacial score (nSPS) is 14.3. The van der Waals surface area contributed by atoms with Crippen molar-refractivity contribution >= 4 is 0 Å². The predicted molar refractivity (Wildman–Crippen MR) is 77.7 cm³/mol. The van der Waals surface area contributed by atoms with E-state index in [2.05, 4.69) is 19.2 Å². The molecule has 0 spiro atoms. The van der Waals surface area contributed by atoms with Crippen molar-refractivity contribution < 1.29 is 9.50 Å². The van der Waals surface area contributed by atoms with Crippen molar-refractivity contribution in [1.29, 1.82) is 0 Å². The Morgan fingerprint density at radius 2 is 2.11 bits per heavy atom. The van der Waals surface area contributed by atoms with E-state index in [4.69, 9.17) is 5.11 Å². The third kappa shape index (κ3) is 6.69. The van der Waals surface area contributed by atoms with Crippen LogP contribution in [0.1, 0.15) is 38.7 Å². The van der Waals surface area contributed by atoms with E-state index in [-0.39, 0.29) is 12.4 Å². The van der Waals surface area contributed by atoms with Crippen molar-refractivity contribution in [3.8, 4) is 0 Å². The topological polar surface area (TPSA) is 32.3 Å². The van der Waals surface area contributed by atoms with Crippen LogP contribution in [0.15, 0.2) is 24.3 Å². The van der Waals surface area contributed by atoms with Gasteiger partial charge in [0.15, 0.2) is 0 Å². The van der Waals surface area contributed by atoms with Crippen LogP contribution >= 0.6 is 0 Å². The molecule has 0 amide bonds. The van der Waals surface area contributed by atoms with E-state index in [1.165, 1.54) is 6.07 Å². The summed E-state index contributed by atoms with van der Waals surface area (Å²) in [5, 5.41) is 12.5. The lowest BCUT2D eigenvalue weighted by Gasteiger charge is -2.20. The number of nitrogens with one attached hydrogen (secondary N) is 1. The predicted octanol–water partition coefficient (Wildman–Crippen LogP) is 3.15. The van der Waals surface area contributed by atoms with Crippen molar-refractivity contribution in [2.24, 2.45) is 5.92 Å². The number of rotatable bonds is 9. The lowest BCUT2D eigenvalue weighted by molar-refractivity contribution is 0.245. The summed E-state index contributed by atoms with van der Waals surface area (Å²) in [5.74, 6) is 0.360. The van der Waals surface area contributed by atoms with Crippen LogP contribution in [-0.2, 0) is 6.42 Å². The van der Waals surface area contributed by atoms with Crippen LogP contribution in [-0.4, -0.2) is 24.3 Å². The minimum Gasteiger partial charge on any atom is -0.396 e. The molecule has 19 heavy (non-hydrogen) atoms. The average Bonchev–Trinajstić information content (AvgIpc) is 2.36. The first-order valence-electron chi connectivity index (χ1n) is 7.24. The Balaban J connectivity index is 2.35. The van der Waals surface area contributed by atoms with Gasteiger partial charge in [0.05, 0.1) is 0 Å². The highest BCUT2D eigenvalue weighted by Crippen LogP contribution is 2.11. The lowest BCUT2D eigenvalue weighted by atomic mass is 9.99. The van der Waals surface area contributed by atoms with Crippen molar-refractivity contribution in [3.63, 3.8) is 0 Å². The molecule has 0 fully saturated rings. The zero-order valence-corrected chi connectivity index (χ0v) is 12.0. The van der Waals surface area contributed by atoms with Crippen LogP contribution in [0.4, 0.5) is 4.39 Å². The number of hydrogen-bond donors (Lipinski definition) is 2. The SMILES string of the molecule is CCCC(CCO)CNC(C)Cc1cccc(F)c1. The molecule has 0 radical (unpaired) electrons. The van der Waals surface area contributed by atoms with Gasteiger partial charge in [-0.1, -0.05) is 25.5 Å². The Morgan fingerprint density at radius 3 is 2.74 bits per heavy atom. The molecule has 0 saturated carbocycles. The molecule has 2 atom stereocenters. The van der Waals surface area contributed by atoms with Crippen LogP contribution in [0.25, 0.3) is 0 Å². The molecule has 1 aromatic carbocycles. The van der Waals surface area contributed by atoms with E-state index < -0.39 is 0 Å². The van der Waals surface area contributed by atoms with E-state index in [0.29, 0.717) is 12.0 Å². The standard InChI is InChI=1S/C16H26FNO/c1-3-5-14(8-9-19)12-18-13(2)10-15-6-4-7-16(17)11-15/h4,6-7,11,13-14,18-19H,3,5,8-10,12H2,1-2H3. The summed E-state index contributed by atoms with van der Waals surface area (Å²) in [6.45, 7) is 5.46. The summed E-state index contributed by atoms with van der Waals surface area (Å²) >= 11 is 0. The smallest absolute Gasteiger partial charge is 0.123 e. The minimum atomic E-state index is -0.172. The van der Waals surface area contributed by atoms with Gasteiger partial charge in [-0.15, -0.1) is 0 Å². The molecule has 1 aromatic rings. The fraction of sp³-hybridized carbons (Fsp3) is 0.625. The first-order valence-corrected chi connectivity index (χ1v) is 7.24. The van der Waals surface area contributed by atoms with Crippen molar-refractivity contribution in [2.45, 2.75) is 45.6 Å². The van der Waals surface area contributed by atoms with Crippen LogP contribution in [0.3, 0.4) is 0 Å². The minimum absolute atomic E-state index is 0.172. The third-order valence-electron chi connectivity index (χ3n) is 3.42. The van der Waals surface area contributed by atoms with Crippen LogP contribution in [0.5, 0.6) is 0 Å². The Morgan fingerprint density at radius 1 is 1.32 bits per heavy atom. The Labute approximate surface area is 116 Å². The summed E-state index contributed by atoms with van der Waals surface area (Å²) < 4.78 is 13.1. The van der Waals surface area contributed by atoms with Gasteiger partial charge in [-0.05, 0) is 56.3 Å². The van der Waals surface area contributed by atoms with Gasteiger partial charge in [0.1, 0.15) is 5.82 Å². The zero-order chi connectivity index (χ0) is 14.1. The maximum Gasteiger partial charge on any atom is 0.123 e. The quantitative estimate of drug-likeness (QED) is 0.720. The second kappa shape index (κ2) is 9.05. The summed E-state index contributed by atoms with van der Waals surface area (Å²) in [6, 6.07) is 7.09. The van der Waals surface area contributed by atoms with Gasteiger partial charge in [0, 0.05) is 12.6 Å². The number of aliphatic hydroxyl groups is 1. The van der Waals surface area contributed by atoms with Crippen molar-refractivity contribution in [1.82, 2.24) is 5.32 Å². The molecular weight excluding hydrogens is 241 g/mol. The third-order valence-corrected chi connectivity index (χ3v) is 3.42. The molecular formula is C16H26FNO. The van der Waals surface area contributed by atoms with Gasteiger partial charge in [0.25, 0.3) is 0 Å². The number of hydrogen-bond acceptors (Lipinski definition) is 2. The van der Waals surface area contributed by atoms with Gasteiger partial charge >= 0.3 is 0 Å². The summed E-state index contributed by atoms with van der Waals surface area (Å²) in [7, 11) is 0. The fourth-order valence-corrected chi connectivity index (χ4v) is 2.40. The monoisotopic (exact) mass is 267 g/mol. The molecule has 2 N–H and O–H groups in total. The fourth-order valence-electron chi connectivity index (χ4n) is 2.40. The molecule has 108 valence electrons. The largest absolute Gasteiger partial charge is 0.396 e. The van der Waals surface area contributed by atoms with Gasteiger partial charge in [-0.25, -0.2) is 4.39 Å². The molecule has 0 aromatic heterocycles. The maximum atomic E-state index is 13.1. The van der Waals surface area contributed by atoms with Crippen LogP contribution in [0.2, 0.25) is 0 Å². The molecule has 0 aliphatic carbocycles. The molecule has 0 saturated heterocycles. The molecule has 1 rings (SSSR count). The van der Waals surface area contributed by atoms with Crippen LogP contribution < -0.4 is 5.32 Å². The molecule has 2 unspecified atom stereocenters. The second-order valence-electron chi connectivity index (χ2n) is 5.31. The highest BCUT2D eigenvalue weighted by atomic mass is 19.1. The summed E-state index contributed by atoms with van der Waals surface area (Å²) in [4.78, 5) is 0. The number of aliphatic hydroxyl groups excluding tert-OH is 1. The molecule has 0 aliphatic heterocycles. The molecule has 0 heterocycles. The summed E-state index contributed by atoms with van der Waals surface area (Å²) in [5.41, 5.74) is 1.02. The van der Waals surface area contributed by atoms with Gasteiger partial charge in [0.2, 0.25) is 0 Å².